The first-order chi connectivity index (χ1) is 14.9. The van der Waals surface area contributed by atoms with E-state index in [1.54, 1.807) is 0 Å². The fourth-order valence-electron chi connectivity index (χ4n) is 4.04. The molecule has 5 rings (SSSR count). The molecule has 6 heteroatoms. The topological polar surface area (TPSA) is 57.8 Å². The standard InChI is InChI=1S/C25H25N6/c1-15-6-8-26-24-19(15)10-22(23-16(2)7-9-27-25(23)24)31-14-21(29-12-18(31)4)20-13-30(5)17(3)11-28-20/h6-14,28H,1-5H3/q+1. The van der Waals surface area contributed by atoms with Crippen LogP contribution < -0.4 is 9.88 Å². The summed E-state index contributed by atoms with van der Waals surface area (Å²) in [6, 6.07) is 6.33. The van der Waals surface area contributed by atoms with Gasteiger partial charge in [0.2, 0.25) is 17.6 Å². The third-order valence-electron chi connectivity index (χ3n) is 6.00. The molecular weight excluding hydrogens is 384 g/mol. The first-order valence-corrected chi connectivity index (χ1v) is 10.3. The number of benzene rings is 1. The van der Waals surface area contributed by atoms with E-state index in [0.717, 1.165) is 50.3 Å². The summed E-state index contributed by atoms with van der Waals surface area (Å²) in [7, 11) is 2.04. The lowest BCUT2D eigenvalue weighted by Gasteiger charge is -2.22. The molecule has 0 fully saturated rings. The summed E-state index contributed by atoms with van der Waals surface area (Å²) in [4.78, 5) is 16.2. The minimum Gasteiger partial charge on any atom is -0.357 e. The van der Waals surface area contributed by atoms with Crippen molar-refractivity contribution in [1.29, 1.82) is 0 Å². The van der Waals surface area contributed by atoms with Crippen LogP contribution >= 0.6 is 0 Å². The molecule has 0 radical (unpaired) electrons. The summed E-state index contributed by atoms with van der Waals surface area (Å²) >= 11 is 0. The second kappa shape index (κ2) is 7.16. The maximum Gasteiger partial charge on any atom is 0.221 e. The Morgan fingerprint density at radius 2 is 1.68 bits per heavy atom. The highest BCUT2D eigenvalue weighted by Crippen LogP contribution is 2.30. The Labute approximate surface area is 181 Å². The van der Waals surface area contributed by atoms with Crippen molar-refractivity contribution in [2.24, 2.45) is 0 Å². The number of nitrogens with one attached hydrogen (secondary N) is 1. The fourth-order valence-corrected chi connectivity index (χ4v) is 4.04. The molecule has 4 aromatic rings. The molecule has 6 nitrogen and oxygen atoms in total. The zero-order valence-electron chi connectivity index (χ0n) is 18.4. The molecule has 0 unspecified atom stereocenters. The molecule has 1 aliphatic rings. The Kier molecular flexibility index (Phi) is 4.43. The van der Waals surface area contributed by atoms with E-state index in [1.165, 1.54) is 11.1 Å². The number of allylic oxidation sites excluding steroid dienone is 1. The van der Waals surface area contributed by atoms with Crippen molar-refractivity contribution in [2.45, 2.75) is 27.7 Å². The molecule has 0 aliphatic carbocycles. The van der Waals surface area contributed by atoms with Crippen molar-refractivity contribution >= 4 is 27.5 Å². The van der Waals surface area contributed by atoms with Crippen molar-refractivity contribution in [3.63, 3.8) is 0 Å². The van der Waals surface area contributed by atoms with E-state index < -0.39 is 0 Å². The lowest BCUT2D eigenvalue weighted by atomic mass is 10.0. The second-order valence-corrected chi connectivity index (χ2v) is 8.14. The predicted octanol–water partition coefficient (Wildman–Crippen LogP) is 4.07. The van der Waals surface area contributed by atoms with Gasteiger partial charge < -0.3 is 10.2 Å². The molecule has 0 amide bonds. The summed E-state index contributed by atoms with van der Waals surface area (Å²) in [6.45, 7) is 8.39. The third-order valence-corrected chi connectivity index (χ3v) is 6.00. The van der Waals surface area contributed by atoms with Crippen LogP contribution in [0.15, 0.2) is 61.1 Å². The van der Waals surface area contributed by atoms with E-state index >= 15 is 0 Å². The lowest BCUT2D eigenvalue weighted by Crippen LogP contribution is -2.36. The Morgan fingerprint density at radius 3 is 2.45 bits per heavy atom. The van der Waals surface area contributed by atoms with Gasteiger partial charge in [-0.2, -0.15) is 4.57 Å². The van der Waals surface area contributed by atoms with Gasteiger partial charge in [0, 0.05) is 55.9 Å². The number of aryl methyl sites for hydroxylation is 3. The molecule has 0 spiro atoms. The van der Waals surface area contributed by atoms with Crippen LogP contribution in [0.4, 0.5) is 0 Å². The number of aromatic nitrogens is 4. The van der Waals surface area contributed by atoms with Gasteiger partial charge in [0.25, 0.3) is 0 Å². The van der Waals surface area contributed by atoms with Gasteiger partial charge in [-0.3, -0.25) is 9.97 Å². The third kappa shape index (κ3) is 3.11. The first kappa shape index (κ1) is 19.2. The molecule has 0 bridgehead atoms. The van der Waals surface area contributed by atoms with Crippen LogP contribution in [-0.4, -0.2) is 26.9 Å². The Hall–Kier alpha value is -3.80. The molecule has 1 N–H and O–H groups in total. The number of nitrogens with zero attached hydrogens (tertiary/aromatic N) is 5. The fraction of sp³-hybridized carbons (Fsp3) is 0.200. The molecule has 31 heavy (non-hydrogen) atoms. The average Bonchev–Trinajstić information content (AvgIpc) is 2.76. The maximum atomic E-state index is 4.73. The van der Waals surface area contributed by atoms with E-state index in [-0.39, 0.29) is 0 Å². The summed E-state index contributed by atoms with van der Waals surface area (Å²) in [5.41, 5.74) is 9.33. The van der Waals surface area contributed by atoms with Gasteiger partial charge >= 0.3 is 0 Å². The molecule has 3 aromatic heterocycles. The highest BCUT2D eigenvalue weighted by molar-refractivity contribution is 6.08. The molecule has 154 valence electrons. The maximum absolute atomic E-state index is 4.73. The van der Waals surface area contributed by atoms with Crippen LogP contribution in [0.3, 0.4) is 0 Å². The van der Waals surface area contributed by atoms with E-state index in [0.29, 0.717) is 0 Å². The predicted molar refractivity (Wildman–Crippen MR) is 123 cm³/mol. The second-order valence-electron chi connectivity index (χ2n) is 8.14. The molecule has 0 saturated carbocycles. The van der Waals surface area contributed by atoms with Gasteiger partial charge in [-0.05, 0) is 44.0 Å². The van der Waals surface area contributed by atoms with Gasteiger partial charge in [-0.1, -0.05) is 0 Å². The van der Waals surface area contributed by atoms with Crippen LogP contribution in [0.25, 0.3) is 33.2 Å². The molecule has 1 aromatic carbocycles. The van der Waals surface area contributed by atoms with E-state index in [4.69, 9.17) is 9.97 Å². The normalized spacial score (nSPS) is 13.9. The zero-order valence-corrected chi connectivity index (χ0v) is 18.4. The van der Waals surface area contributed by atoms with Crippen molar-refractivity contribution in [3.8, 4) is 5.69 Å². The van der Waals surface area contributed by atoms with Crippen molar-refractivity contribution in [1.82, 2.24) is 25.2 Å². The number of hydrogen-bond acceptors (Lipinski definition) is 5. The van der Waals surface area contributed by atoms with Crippen LogP contribution in [0.1, 0.15) is 29.4 Å². The lowest BCUT2D eigenvalue weighted by molar-refractivity contribution is -0.601. The van der Waals surface area contributed by atoms with Crippen molar-refractivity contribution in [2.75, 3.05) is 7.05 Å². The first-order valence-electron chi connectivity index (χ1n) is 10.3. The minimum atomic E-state index is 0.874. The van der Waals surface area contributed by atoms with E-state index in [2.05, 4.69) is 72.0 Å². The van der Waals surface area contributed by atoms with Gasteiger partial charge in [0.1, 0.15) is 5.52 Å². The molecular formula is C25H25N6+. The Balaban J connectivity index is 1.80. The van der Waals surface area contributed by atoms with Crippen LogP contribution in [-0.2, 0) is 0 Å². The smallest absolute Gasteiger partial charge is 0.221 e. The number of rotatable bonds is 2. The summed E-state index contributed by atoms with van der Waals surface area (Å²) in [5, 5.41) is 5.58. The Bertz CT molecular complexity index is 1420. The molecule has 0 atom stereocenters. The van der Waals surface area contributed by atoms with Gasteiger partial charge in [-0.15, -0.1) is 0 Å². The van der Waals surface area contributed by atoms with Crippen molar-refractivity contribution in [3.05, 3.63) is 83.6 Å². The monoisotopic (exact) mass is 409 g/mol. The SMILES string of the molecule is CC1=CNC(c2c[n+](-c3cc4c(C)ccnc4c4nccc(C)c34)c(C)cn2)=CN1C. The van der Waals surface area contributed by atoms with Crippen LogP contribution in [0, 0.1) is 20.8 Å². The Morgan fingerprint density at radius 1 is 0.935 bits per heavy atom. The van der Waals surface area contributed by atoms with Gasteiger partial charge in [0.15, 0.2) is 5.69 Å². The van der Waals surface area contributed by atoms with E-state index in [9.17, 15) is 0 Å². The summed E-state index contributed by atoms with van der Waals surface area (Å²) in [6.07, 6.45) is 11.8. The van der Waals surface area contributed by atoms with Crippen LogP contribution in [0.2, 0.25) is 0 Å². The summed E-state index contributed by atoms with van der Waals surface area (Å²) < 4.78 is 2.21. The highest BCUT2D eigenvalue weighted by atomic mass is 15.1. The average molecular weight is 410 g/mol. The zero-order chi connectivity index (χ0) is 21.7. The highest BCUT2D eigenvalue weighted by Gasteiger charge is 2.23. The van der Waals surface area contributed by atoms with Gasteiger partial charge in [0.05, 0.1) is 22.8 Å². The quantitative estimate of drug-likeness (QED) is 0.399. The molecule has 0 saturated heterocycles. The van der Waals surface area contributed by atoms with Crippen molar-refractivity contribution < 1.29 is 4.57 Å². The van der Waals surface area contributed by atoms with Gasteiger partial charge in [-0.25, -0.2) is 4.98 Å². The number of hydrogen-bond donors (Lipinski definition) is 1. The number of fused-ring (bicyclic) bond motifs is 3. The number of pyridine rings is 2. The molecule has 1 aliphatic heterocycles. The van der Waals surface area contributed by atoms with Crippen LogP contribution in [0.5, 0.6) is 0 Å². The van der Waals surface area contributed by atoms with E-state index in [1.807, 2.05) is 37.9 Å². The molecule has 4 heterocycles. The largest absolute Gasteiger partial charge is 0.357 e. The minimum absolute atomic E-state index is 0.874. The summed E-state index contributed by atoms with van der Waals surface area (Å²) in [5.74, 6) is 0.